The van der Waals surface area contributed by atoms with E-state index < -0.39 is 24.5 Å². The van der Waals surface area contributed by atoms with Crippen LogP contribution in [0.2, 0.25) is 0 Å². The molecular weight excluding hydrogens is 410 g/mol. The predicted molar refractivity (Wildman–Crippen MR) is 118 cm³/mol. The standard InChI is InChI=1S/C23H23N5O4/c1-31-12-16-19(29)20(30)23(32-16)28-22-17(18(27-28)14-8-4-2-5-9-14)21(24-13-25-22)26-15-10-6-3-7-11-15/h2-11,13,16,19-20,23,29-30H,12H2,1H3,(H,24,25,26)/t16-,19+,20+,23+/m0/s1. The molecule has 0 unspecified atom stereocenters. The van der Waals surface area contributed by atoms with Crippen molar-refractivity contribution in [3.05, 3.63) is 67.0 Å². The van der Waals surface area contributed by atoms with Gasteiger partial charge in [0.15, 0.2) is 11.9 Å². The highest BCUT2D eigenvalue weighted by Gasteiger charge is 2.45. The summed E-state index contributed by atoms with van der Waals surface area (Å²) < 4.78 is 12.6. The number of nitrogens with one attached hydrogen (secondary N) is 1. The molecule has 9 heteroatoms. The van der Waals surface area contributed by atoms with E-state index in [4.69, 9.17) is 14.6 Å². The van der Waals surface area contributed by atoms with Gasteiger partial charge in [-0.3, -0.25) is 0 Å². The van der Waals surface area contributed by atoms with Crippen molar-refractivity contribution in [3.63, 3.8) is 0 Å². The third-order valence-electron chi connectivity index (χ3n) is 5.48. The first-order chi connectivity index (χ1) is 15.7. The number of para-hydroxylation sites is 1. The topological polar surface area (TPSA) is 115 Å². The molecule has 4 atom stereocenters. The second-order valence-corrected chi connectivity index (χ2v) is 7.57. The second kappa shape index (κ2) is 8.64. The quantitative estimate of drug-likeness (QED) is 0.425. The number of aromatic nitrogens is 4. The van der Waals surface area contributed by atoms with Gasteiger partial charge in [0.2, 0.25) is 0 Å². The van der Waals surface area contributed by atoms with Crippen LogP contribution in [0.3, 0.4) is 0 Å². The predicted octanol–water partition coefficient (Wildman–Crippen LogP) is 2.50. The van der Waals surface area contributed by atoms with E-state index in [2.05, 4.69) is 15.3 Å². The Morgan fingerprint density at radius 2 is 1.72 bits per heavy atom. The summed E-state index contributed by atoms with van der Waals surface area (Å²) in [5, 5.41) is 29.9. The SMILES string of the molecule is COC[C@@H]1O[C@@H](n2nc(-c3ccccc3)c3c(Nc4ccccc4)ncnc32)[C@H](O)[C@@H]1O. The third kappa shape index (κ3) is 3.61. The minimum Gasteiger partial charge on any atom is -0.387 e. The van der Waals surface area contributed by atoms with Gasteiger partial charge < -0.3 is 25.0 Å². The molecular formula is C23H23N5O4. The van der Waals surface area contributed by atoms with Crippen molar-refractivity contribution < 1.29 is 19.7 Å². The Hall–Kier alpha value is -3.37. The monoisotopic (exact) mass is 433 g/mol. The molecule has 0 spiro atoms. The third-order valence-corrected chi connectivity index (χ3v) is 5.48. The Kier molecular flexibility index (Phi) is 5.54. The number of benzene rings is 2. The molecule has 0 amide bonds. The highest BCUT2D eigenvalue weighted by atomic mass is 16.6. The maximum Gasteiger partial charge on any atom is 0.181 e. The van der Waals surface area contributed by atoms with Crippen molar-refractivity contribution in [3.8, 4) is 11.3 Å². The van der Waals surface area contributed by atoms with Crippen LogP contribution in [-0.2, 0) is 9.47 Å². The van der Waals surface area contributed by atoms with Gasteiger partial charge in [0.05, 0.1) is 12.0 Å². The molecule has 1 fully saturated rings. The molecule has 9 nitrogen and oxygen atoms in total. The fourth-order valence-electron chi connectivity index (χ4n) is 3.93. The number of aliphatic hydroxyl groups excluding tert-OH is 2. The Labute approximate surface area is 184 Å². The number of nitrogens with zero attached hydrogens (tertiary/aromatic N) is 4. The fraction of sp³-hybridized carbons (Fsp3) is 0.261. The number of hydrogen-bond acceptors (Lipinski definition) is 8. The number of aliphatic hydroxyl groups is 2. The average molecular weight is 433 g/mol. The van der Waals surface area contributed by atoms with Crippen molar-refractivity contribution in [1.82, 2.24) is 19.7 Å². The first kappa shape index (κ1) is 20.5. The van der Waals surface area contributed by atoms with E-state index in [1.165, 1.54) is 18.1 Å². The van der Waals surface area contributed by atoms with Crippen LogP contribution in [0.5, 0.6) is 0 Å². The molecule has 3 N–H and O–H groups in total. The van der Waals surface area contributed by atoms with Crippen molar-refractivity contribution in [2.45, 2.75) is 24.5 Å². The summed E-state index contributed by atoms with van der Waals surface area (Å²) in [5.41, 5.74) is 2.85. The highest BCUT2D eigenvalue weighted by molar-refractivity contribution is 6.00. The summed E-state index contributed by atoms with van der Waals surface area (Å²) >= 11 is 0. The van der Waals surface area contributed by atoms with E-state index in [9.17, 15) is 10.2 Å². The zero-order chi connectivity index (χ0) is 22.1. The summed E-state index contributed by atoms with van der Waals surface area (Å²) in [6, 6.07) is 19.4. The number of hydrogen-bond donors (Lipinski definition) is 3. The molecule has 164 valence electrons. The number of methoxy groups -OCH3 is 1. The summed E-state index contributed by atoms with van der Waals surface area (Å²) in [4.78, 5) is 8.91. The number of fused-ring (bicyclic) bond motifs is 1. The zero-order valence-corrected chi connectivity index (χ0v) is 17.4. The van der Waals surface area contributed by atoms with Gasteiger partial charge in [-0.25, -0.2) is 14.6 Å². The van der Waals surface area contributed by atoms with Gasteiger partial charge in [-0.1, -0.05) is 48.5 Å². The lowest BCUT2D eigenvalue weighted by Crippen LogP contribution is -2.33. The van der Waals surface area contributed by atoms with E-state index in [0.29, 0.717) is 22.5 Å². The van der Waals surface area contributed by atoms with Crippen LogP contribution in [-0.4, -0.2) is 62.0 Å². The first-order valence-corrected chi connectivity index (χ1v) is 10.3. The van der Waals surface area contributed by atoms with Gasteiger partial charge >= 0.3 is 0 Å². The summed E-state index contributed by atoms with van der Waals surface area (Å²) in [7, 11) is 1.52. The Morgan fingerprint density at radius 3 is 2.44 bits per heavy atom. The minimum absolute atomic E-state index is 0.148. The summed E-state index contributed by atoms with van der Waals surface area (Å²) in [6.07, 6.45) is -2.47. The molecule has 5 rings (SSSR count). The smallest absolute Gasteiger partial charge is 0.181 e. The van der Waals surface area contributed by atoms with Gasteiger partial charge in [-0.2, -0.15) is 5.10 Å². The average Bonchev–Trinajstić information content (AvgIpc) is 3.34. The Morgan fingerprint density at radius 1 is 1.00 bits per heavy atom. The minimum atomic E-state index is -1.19. The largest absolute Gasteiger partial charge is 0.387 e. The van der Waals surface area contributed by atoms with Gasteiger partial charge in [-0.05, 0) is 12.1 Å². The molecule has 1 saturated heterocycles. The lowest BCUT2D eigenvalue weighted by atomic mass is 10.1. The fourth-order valence-corrected chi connectivity index (χ4v) is 3.93. The Balaban J connectivity index is 1.66. The molecule has 2 aromatic heterocycles. The molecule has 1 aliphatic heterocycles. The second-order valence-electron chi connectivity index (χ2n) is 7.57. The van der Waals surface area contributed by atoms with E-state index in [-0.39, 0.29) is 6.61 Å². The Bertz CT molecular complexity index is 1200. The van der Waals surface area contributed by atoms with Crippen molar-refractivity contribution >= 4 is 22.5 Å². The van der Waals surface area contributed by atoms with E-state index >= 15 is 0 Å². The molecule has 4 aromatic rings. The van der Waals surface area contributed by atoms with E-state index in [1.54, 1.807) is 0 Å². The highest BCUT2D eigenvalue weighted by Crippen LogP contribution is 2.37. The molecule has 3 heterocycles. The maximum absolute atomic E-state index is 10.7. The van der Waals surface area contributed by atoms with E-state index in [0.717, 1.165) is 11.3 Å². The van der Waals surface area contributed by atoms with Crippen molar-refractivity contribution in [2.75, 3.05) is 19.0 Å². The maximum atomic E-state index is 10.7. The van der Waals surface area contributed by atoms with Gasteiger partial charge in [0.1, 0.15) is 36.2 Å². The summed E-state index contributed by atoms with van der Waals surface area (Å²) in [5.74, 6) is 0.577. The summed E-state index contributed by atoms with van der Waals surface area (Å²) in [6.45, 7) is 0.148. The van der Waals surface area contributed by atoms with Crippen LogP contribution in [0.25, 0.3) is 22.3 Å². The van der Waals surface area contributed by atoms with Gasteiger partial charge in [0, 0.05) is 18.4 Å². The molecule has 0 saturated carbocycles. The molecule has 2 aromatic carbocycles. The lowest BCUT2D eigenvalue weighted by Gasteiger charge is -2.15. The molecule has 0 bridgehead atoms. The van der Waals surface area contributed by atoms with E-state index in [1.807, 2.05) is 60.7 Å². The van der Waals surface area contributed by atoms with Crippen LogP contribution >= 0.6 is 0 Å². The molecule has 32 heavy (non-hydrogen) atoms. The number of rotatable bonds is 6. The van der Waals surface area contributed by atoms with Crippen LogP contribution < -0.4 is 5.32 Å². The zero-order valence-electron chi connectivity index (χ0n) is 17.4. The van der Waals surface area contributed by atoms with Gasteiger partial charge in [0.25, 0.3) is 0 Å². The molecule has 0 aliphatic carbocycles. The number of anilines is 2. The number of ether oxygens (including phenoxy) is 2. The first-order valence-electron chi connectivity index (χ1n) is 10.3. The van der Waals surface area contributed by atoms with Crippen molar-refractivity contribution in [1.29, 1.82) is 0 Å². The van der Waals surface area contributed by atoms with Gasteiger partial charge in [-0.15, -0.1) is 0 Å². The van der Waals surface area contributed by atoms with Crippen LogP contribution in [0.1, 0.15) is 6.23 Å². The van der Waals surface area contributed by atoms with Crippen molar-refractivity contribution in [2.24, 2.45) is 0 Å². The molecule has 1 aliphatic rings. The van der Waals surface area contributed by atoms with Crippen LogP contribution in [0.15, 0.2) is 67.0 Å². The normalized spacial score (nSPS) is 23.0. The van der Waals surface area contributed by atoms with Crippen LogP contribution in [0, 0.1) is 0 Å². The lowest BCUT2D eigenvalue weighted by molar-refractivity contribution is -0.0628. The molecule has 0 radical (unpaired) electrons. The van der Waals surface area contributed by atoms with Crippen LogP contribution in [0.4, 0.5) is 11.5 Å².